The third-order valence-corrected chi connectivity index (χ3v) is 4.81. The number of ether oxygens (including phenoxy) is 4. The van der Waals surface area contributed by atoms with Crippen LogP contribution < -0.4 is 34.9 Å². The van der Waals surface area contributed by atoms with Crippen LogP contribution in [0.25, 0.3) is 0 Å². The summed E-state index contributed by atoms with van der Waals surface area (Å²) in [5.74, 6) is 0.705. The number of amides is 2. The lowest BCUT2D eigenvalue weighted by Gasteiger charge is -2.16. The first-order valence-corrected chi connectivity index (χ1v) is 10.3. The van der Waals surface area contributed by atoms with Gasteiger partial charge in [-0.25, -0.2) is 0 Å². The zero-order valence-electron chi connectivity index (χ0n) is 18.9. The van der Waals surface area contributed by atoms with Crippen molar-refractivity contribution < 1.29 is 33.0 Å². The maximum absolute atomic E-state index is 12.8. The van der Waals surface area contributed by atoms with Crippen LogP contribution in [0.3, 0.4) is 0 Å². The van der Waals surface area contributed by atoms with Crippen molar-refractivity contribution in [1.29, 1.82) is 0 Å². The molecule has 0 bridgehead atoms. The molecule has 0 aliphatic heterocycles. The largest absolute Gasteiger partial charge is 0.495 e. The number of thiocarbonyl (C=S) groups is 1. The normalized spacial score (nSPS) is 10.1. The molecular weight excluding hydrogens is 462 g/mol. The van der Waals surface area contributed by atoms with E-state index < -0.39 is 11.8 Å². The van der Waals surface area contributed by atoms with Crippen LogP contribution in [0.1, 0.15) is 20.9 Å². The van der Waals surface area contributed by atoms with E-state index in [2.05, 4.69) is 16.0 Å². The average molecular weight is 486 g/mol. The Balaban J connectivity index is 1.75. The summed E-state index contributed by atoms with van der Waals surface area (Å²) in [6.45, 7) is 0. The van der Waals surface area contributed by atoms with Crippen molar-refractivity contribution in [3.05, 3.63) is 60.1 Å². The molecule has 0 saturated heterocycles. The Morgan fingerprint density at radius 2 is 1.50 bits per heavy atom. The molecule has 1 aromatic heterocycles. The zero-order valence-corrected chi connectivity index (χ0v) is 19.7. The quantitative estimate of drug-likeness (QED) is 0.410. The summed E-state index contributed by atoms with van der Waals surface area (Å²) in [6.07, 6.45) is 1.41. The van der Waals surface area contributed by atoms with Gasteiger partial charge in [0.1, 0.15) is 5.75 Å². The van der Waals surface area contributed by atoms with Crippen LogP contribution in [0.2, 0.25) is 0 Å². The third-order valence-electron chi connectivity index (χ3n) is 4.60. The van der Waals surface area contributed by atoms with Crippen LogP contribution in [0.4, 0.5) is 11.4 Å². The van der Waals surface area contributed by atoms with Crippen molar-refractivity contribution in [3.63, 3.8) is 0 Å². The summed E-state index contributed by atoms with van der Waals surface area (Å²) in [7, 11) is 5.86. The Bertz CT molecular complexity index is 1170. The molecule has 178 valence electrons. The van der Waals surface area contributed by atoms with Crippen molar-refractivity contribution in [2.75, 3.05) is 39.1 Å². The van der Waals surface area contributed by atoms with Crippen LogP contribution in [0.15, 0.2) is 53.1 Å². The van der Waals surface area contributed by atoms with E-state index in [4.69, 9.17) is 35.6 Å². The van der Waals surface area contributed by atoms with E-state index in [0.717, 1.165) is 0 Å². The molecule has 3 rings (SSSR count). The van der Waals surface area contributed by atoms with Gasteiger partial charge in [-0.1, -0.05) is 0 Å². The Labute approximate surface area is 201 Å². The fraction of sp³-hybridized carbons (Fsp3) is 0.174. The van der Waals surface area contributed by atoms with E-state index in [0.29, 0.717) is 34.4 Å². The molecule has 34 heavy (non-hydrogen) atoms. The first-order chi connectivity index (χ1) is 16.4. The standard InChI is InChI=1S/C23H23N3O7S/c1-29-16-8-7-14(24-22(28)17-6-5-9-33-17)12-15(16)25-23(34)26-21(27)13-10-18(30-2)20(32-4)19(11-13)31-3/h5-12H,1-4H3,(H,24,28)(H2,25,26,27,34). The van der Waals surface area contributed by atoms with Gasteiger partial charge in [0, 0.05) is 11.3 Å². The van der Waals surface area contributed by atoms with Crippen molar-refractivity contribution in [1.82, 2.24) is 5.32 Å². The van der Waals surface area contributed by atoms with E-state index in [1.54, 1.807) is 30.3 Å². The average Bonchev–Trinajstić information content (AvgIpc) is 3.38. The van der Waals surface area contributed by atoms with Crippen molar-refractivity contribution in [2.24, 2.45) is 0 Å². The fourth-order valence-electron chi connectivity index (χ4n) is 3.02. The van der Waals surface area contributed by atoms with Crippen LogP contribution >= 0.6 is 12.2 Å². The molecule has 2 aromatic carbocycles. The van der Waals surface area contributed by atoms with Crippen LogP contribution in [-0.2, 0) is 0 Å². The maximum atomic E-state index is 12.8. The molecular formula is C23H23N3O7S. The van der Waals surface area contributed by atoms with E-state index in [1.807, 2.05) is 0 Å². The summed E-state index contributed by atoms with van der Waals surface area (Å²) in [4.78, 5) is 25.0. The molecule has 11 heteroatoms. The van der Waals surface area contributed by atoms with Gasteiger partial charge in [-0.05, 0) is 54.7 Å². The SMILES string of the molecule is COc1ccc(NC(=O)c2ccco2)cc1NC(=S)NC(=O)c1cc(OC)c(OC)c(OC)c1. The molecule has 0 spiro atoms. The molecule has 2 amide bonds. The van der Waals surface area contributed by atoms with Gasteiger partial charge in [-0.2, -0.15) is 0 Å². The zero-order chi connectivity index (χ0) is 24.7. The Kier molecular flexibility index (Phi) is 7.93. The number of nitrogens with one attached hydrogen (secondary N) is 3. The van der Waals surface area contributed by atoms with Gasteiger partial charge in [-0.3, -0.25) is 14.9 Å². The highest BCUT2D eigenvalue weighted by molar-refractivity contribution is 7.80. The van der Waals surface area contributed by atoms with Crippen LogP contribution in [-0.4, -0.2) is 45.4 Å². The molecule has 0 aliphatic carbocycles. The van der Waals surface area contributed by atoms with Crippen molar-refractivity contribution in [3.8, 4) is 23.0 Å². The Hall–Kier alpha value is -4.25. The minimum Gasteiger partial charge on any atom is -0.495 e. The van der Waals surface area contributed by atoms with Crippen molar-refractivity contribution in [2.45, 2.75) is 0 Å². The fourth-order valence-corrected chi connectivity index (χ4v) is 3.23. The molecule has 3 N–H and O–H groups in total. The molecule has 0 radical (unpaired) electrons. The lowest BCUT2D eigenvalue weighted by atomic mass is 10.1. The molecule has 3 aromatic rings. The van der Waals surface area contributed by atoms with Gasteiger partial charge in [0.15, 0.2) is 22.4 Å². The summed E-state index contributed by atoms with van der Waals surface area (Å²) in [5.41, 5.74) is 1.13. The second-order valence-electron chi connectivity index (χ2n) is 6.67. The van der Waals surface area contributed by atoms with Crippen LogP contribution in [0.5, 0.6) is 23.0 Å². The number of rotatable bonds is 8. The first-order valence-electron chi connectivity index (χ1n) is 9.85. The summed E-state index contributed by atoms with van der Waals surface area (Å²) < 4.78 is 26.3. The monoisotopic (exact) mass is 485 g/mol. The number of anilines is 2. The lowest BCUT2D eigenvalue weighted by Crippen LogP contribution is -2.34. The van der Waals surface area contributed by atoms with E-state index in [9.17, 15) is 9.59 Å². The second-order valence-corrected chi connectivity index (χ2v) is 7.08. The molecule has 1 heterocycles. The highest BCUT2D eigenvalue weighted by Gasteiger charge is 2.18. The van der Waals surface area contributed by atoms with Gasteiger partial charge < -0.3 is 34.0 Å². The van der Waals surface area contributed by atoms with Crippen LogP contribution in [0, 0.1) is 0 Å². The molecule has 0 fully saturated rings. The number of hydrogen-bond donors (Lipinski definition) is 3. The highest BCUT2D eigenvalue weighted by atomic mass is 32.1. The molecule has 10 nitrogen and oxygen atoms in total. The molecule has 0 saturated carbocycles. The van der Waals surface area contributed by atoms with Gasteiger partial charge in [-0.15, -0.1) is 0 Å². The first kappa shape index (κ1) is 24.4. The Morgan fingerprint density at radius 1 is 0.824 bits per heavy atom. The highest BCUT2D eigenvalue weighted by Crippen LogP contribution is 2.38. The molecule has 0 aliphatic rings. The molecule has 0 unspecified atom stereocenters. The number of furan rings is 1. The summed E-state index contributed by atoms with van der Waals surface area (Å²) in [5, 5.41) is 8.21. The van der Waals surface area contributed by atoms with Gasteiger partial charge in [0.05, 0.1) is 40.4 Å². The minimum atomic E-state index is -0.502. The summed E-state index contributed by atoms with van der Waals surface area (Å²) >= 11 is 5.30. The lowest BCUT2D eigenvalue weighted by molar-refractivity contribution is 0.0974. The van der Waals surface area contributed by atoms with Gasteiger partial charge >= 0.3 is 0 Å². The summed E-state index contributed by atoms with van der Waals surface area (Å²) in [6, 6.07) is 11.1. The minimum absolute atomic E-state index is 0.00608. The van der Waals surface area contributed by atoms with Crippen molar-refractivity contribution >= 4 is 40.5 Å². The van der Waals surface area contributed by atoms with Gasteiger partial charge in [0.25, 0.3) is 11.8 Å². The van der Waals surface area contributed by atoms with Gasteiger partial charge in [0.2, 0.25) is 5.75 Å². The predicted octanol–water partition coefficient (Wildman–Crippen LogP) is 3.69. The topological polar surface area (TPSA) is 120 Å². The van der Waals surface area contributed by atoms with E-state index in [1.165, 1.54) is 46.8 Å². The number of methoxy groups -OCH3 is 4. The third kappa shape index (κ3) is 5.56. The number of benzene rings is 2. The predicted molar refractivity (Wildman–Crippen MR) is 129 cm³/mol. The maximum Gasteiger partial charge on any atom is 0.291 e. The molecule has 0 atom stereocenters. The van der Waals surface area contributed by atoms with E-state index >= 15 is 0 Å². The van der Waals surface area contributed by atoms with E-state index in [-0.39, 0.29) is 16.4 Å². The smallest absolute Gasteiger partial charge is 0.291 e. The Morgan fingerprint density at radius 3 is 2.06 bits per heavy atom. The second kappa shape index (κ2) is 11.1. The number of carbonyl (C=O) groups excluding carboxylic acids is 2. The number of carbonyl (C=O) groups is 2. The number of hydrogen-bond acceptors (Lipinski definition) is 8.